The molecule has 0 saturated carbocycles. The molecule has 0 heterocycles. The first-order chi connectivity index (χ1) is 3.27. The molecule has 0 spiro atoms. The molecule has 0 aliphatic rings. The molecule has 4 heteroatoms. The zero-order chi connectivity index (χ0) is 5.70. The van der Waals surface area contributed by atoms with E-state index in [1.807, 2.05) is 7.05 Å². The number of hydrogen-bond donors (Lipinski definition) is 1. The minimum absolute atomic E-state index is 0.100. The molecule has 0 aromatic rings. The van der Waals surface area contributed by atoms with E-state index in [4.69, 9.17) is 11.2 Å². The summed E-state index contributed by atoms with van der Waals surface area (Å²) >= 11 is 4.80. The Morgan fingerprint density at radius 1 is 1.86 bits per heavy atom. The molecule has 0 aliphatic heterocycles. The summed E-state index contributed by atoms with van der Waals surface area (Å²) in [5.41, 5.74) is 0. The molecule has 0 aromatic heterocycles. The number of nitrogens with one attached hydrogen (secondary N) is 1. The van der Waals surface area contributed by atoms with E-state index in [0.717, 1.165) is 12.3 Å². The average Bonchev–Trinajstić information content (AvgIpc) is 1.61. The molecule has 0 amide bonds. The van der Waals surface area contributed by atoms with Crippen molar-refractivity contribution in [3.8, 4) is 0 Å². The van der Waals surface area contributed by atoms with E-state index in [2.05, 4.69) is 13.1 Å². The van der Waals surface area contributed by atoms with Crippen LogP contribution in [-0.4, -0.2) is 19.3 Å². The zero-order valence-corrected chi connectivity index (χ0v) is 6.71. The summed E-state index contributed by atoms with van der Waals surface area (Å²) in [4.78, 5) is 0. The fourth-order valence-electron chi connectivity index (χ4n) is 0.189. The summed E-state index contributed by atoms with van der Waals surface area (Å²) in [5.74, 6) is 0.995. The van der Waals surface area contributed by atoms with Gasteiger partial charge in [0.15, 0.2) is 0 Å². The third kappa shape index (κ3) is 6.83. The number of hydrogen-bond acceptors (Lipinski definition) is 2. The van der Waals surface area contributed by atoms with Gasteiger partial charge in [-0.05, 0) is 0 Å². The van der Waals surface area contributed by atoms with Crippen LogP contribution in [0.15, 0.2) is 0 Å². The molecular formula is C3H8NPS2. The normalized spacial score (nSPS) is 8.57. The molecule has 0 radical (unpaired) electrons. The Balaban J connectivity index is 3.04. The van der Waals surface area contributed by atoms with Gasteiger partial charge < -0.3 is 0 Å². The van der Waals surface area contributed by atoms with Crippen molar-refractivity contribution in [3.05, 3.63) is 0 Å². The molecule has 0 saturated heterocycles. The molecule has 0 bridgehead atoms. The van der Waals surface area contributed by atoms with Crippen LogP contribution in [0, 0.1) is 0 Å². The second kappa shape index (κ2) is 4.98. The van der Waals surface area contributed by atoms with Crippen molar-refractivity contribution >= 4 is 27.4 Å². The van der Waals surface area contributed by atoms with Crippen LogP contribution in [-0.2, 0) is 19.6 Å². The topological polar surface area (TPSA) is 12.0 Å². The van der Waals surface area contributed by atoms with E-state index in [-0.39, 0.29) is 8.43 Å². The minimum atomic E-state index is -0.100. The monoisotopic (exact) mass is 153 g/mol. The second-order valence-electron chi connectivity index (χ2n) is 1.13. The zero-order valence-electron chi connectivity index (χ0n) is 4.18. The van der Waals surface area contributed by atoms with Crippen molar-refractivity contribution < 1.29 is 0 Å². The summed E-state index contributed by atoms with van der Waals surface area (Å²) in [6.07, 6.45) is 0. The molecule has 0 atom stereocenters. The van der Waals surface area contributed by atoms with Crippen LogP contribution in [0.1, 0.15) is 0 Å². The van der Waals surface area contributed by atoms with Crippen LogP contribution in [0.5, 0.6) is 0 Å². The van der Waals surface area contributed by atoms with Gasteiger partial charge in [0, 0.05) is 0 Å². The van der Waals surface area contributed by atoms with Crippen LogP contribution in [0.4, 0.5) is 0 Å². The maximum atomic E-state index is 4.80. The third-order valence-corrected chi connectivity index (χ3v) is 2.13. The quantitative estimate of drug-likeness (QED) is 0.583. The first kappa shape index (κ1) is 7.83. The van der Waals surface area contributed by atoms with E-state index in [0.29, 0.717) is 0 Å². The summed E-state index contributed by atoms with van der Waals surface area (Å²) in [5, 5.41) is 2.99. The van der Waals surface area contributed by atoms with Crippen LogP contribution in [0.3, 0.4) is 0 Å². The molecule has 0 rings (SSSR count). The van der Waals surface area contributed by atoms with Gasteiger partial charge in [0.2, 0.25) is 0 Å². The van der Waals surface area contributed by atoms with Crippen LogP contribution in [0.2, 0.25) is 0 Å². The Labute approximate surface area is 52.5 Å². The fraction of sp³-hybridized carbons (Fsp3) is 1.00. The molecular weight excluding hydrogens is 145 g/mol. The van der Waals surface area contributed by atoms with Crippen LogP contribution < -0.4 is 5.32 Å². The molecule has 0 aromatic carbocycles. The van der Waals surface area contributed by atoms with Gasteiger partial charge in [0.05, 0.1) is 0 Å². The summed E-state index contributed by atoms with van der Waals surface area (Å²) in [7, 11) is 5.85. The first-order valence-corrected chi connectivity index (χ1v) is 5.36. The predicted octanol–water partition coefficient (Wildman–Crippen LogP) is 0.611. The van der Waals surface area contributed by atoms with E-state index in [9.17, 15) is 0 Å². The van der Waals surface area contributed by atoms with Gasteiger partial charge >= 0.3 is 52.1 Å². The van der Waals surface area contributed by atoms with Crippen LogP contribution in [0.25, 0.3) is 0 Å². The molecule has 7 heavy (non-hydrogen) atoms. The Bertz CT molecular complexity index is 136. The van der Waals surface area contributed by atoms with Gasteiger partial charge in [0.1, 0.15) is 0 Å². The van der Waals surface area contributed by atoms with Crippen molar-refractivity contribution in [2.75, 3.05) is 19.3 Å². The summed E-state index contributed by atoms with van der Waals surface area (Å²) in [6.45, 7) is 0.982. The average molecular weight is 153 g/mol. The van der Waals surface area contributed by atoms with E-state index < -0.39 is 0 Å². The van der Waals surface area contributed by atoms with Crippen molar-refractivity contribution in [2.45, 2.75) is 0 Å². The van der Waals surface area contributed by atoms with Gasteiger partial charge in [-0.1, -0.05) is 0 Å². The van der Waals surface area contributed by atoms with E-state index in [1.165, 1.54) is 0 Å². The molecule has 0 unspecified atom stereocenters. The molecule has 0 aliphatic carbocycles. The van der Waals surface area contributed by atoms with Gasteiger partial charge in [-0.15, -0.1) is 0 Å². The SMILES string of the molecule is CNCCS(#P)=S. The Kier molecular flexibility index (Phi) is 5.57. The van der Waals surface area contributed by atoms with E-state index >= 15 is 0 Å². The fourth-order valence-corrected chi connectivity index (χ4v) is 1.09. The van der Waals surface area contributed by atoms with Crippen molar-refractivity contribution in [3.63, 3.8) is 0 Å². The Morgan fingerprint density at radius 2 is 2.43 bits per heavy atom. The van der Waals surface area contributed by atoms with Gasteiger partial charge in [0.25, 0.3) is 0 Å². The molecule has 0 fully saturated rings. The van der Waals surface area contributed by atoms with Crippen molar-refractivity contribution in [2.24, 2.45) is 0 Å². The molecule has 1 N–H and O–H groups in total. The Hall–Kier alpha value is 0.830. The standard InChI is InChI=1S/C3H8NPS2/c1-4-2-3-7(5)6/h4H,2-3H2,1H3. The number of rotatable bonds is 2. The molecule has 42 valence electrons. The third-order valence-electron chi connectivity index (χ3n) is 0.527. The van der Waals surface area contributed by atoms with Gasteiger partial charge in [-0.25, -0.2) is 0 Å². The maximum absolute atomic E-state index is 4.80. The van der Waals surface area contributed by atoms with E-state index in [1.54, 1.807) is 0 Å². The van der Waals surface area contributed by atoms with Gasteiger partial charge in [-0.2, -0.15) is 0 Å². The molecule has 1 nitrogen and oxygen atoms in total. The predicted molar refractivity (Wildman–Crippen MR) is 40.4 cm³/mol. The first-order valence-electron chi connectivity index (χ1n) is 1.99. The van der Waals surface area contributed by atoms with Crippen molar-refractivity contribution in [1.29, 1.82) is 0 Å². The van der Waals surface area contributed by atoms with Crippen molar-refractivity contribution in [1.82, 2.24) is 5.32 Å². The van der Waals surface area contributed by atoms with Gasteiger partial charge in [-0.3, -0.25) is 0 Å². The second-order valence-corrected chi connectivity index (χ2v) is 5.45. The Morgan fingerprint density at radius 3 is 2.57 bits per heavy atom. The summed E-state index contributed by atoms with van der Waals surface area (Å²) < 4.78 is 0. The van der Waals surface area contributed by atoms with Crippen LogP contribution >= 0.6 is 7.81 Å². The summed E-state index contributed by atoms with van der Waals surface area (Å²) in [6, 6.07) is 0.